The van der Waals surface area contributed by atoms with Crippen LogP contribution in [-0.4, -0.2) is 10.7 Å². The Kier molecular flexibility index (Phi) is 10.4. The molecule has 0 saturated heterocycles. The quantitative estimate of drug-likeness (QED) is 0.387. The third kappa shape index (κ3) is 9.42. The molecule has 0 spiro atoms. The Morgan fingerprint density at radius 3 is 1.27 bits per heavy atom. The summed E-state index contributed by atoms with van der Waals surface area (Å²) in [6, 6.07) is 27.0. The van der Waals surface area contributed by atoms with Crippen LogP contribution in [0.4, 0.5) is 0 Å². The number of hydrogen-bond acceptors (Lipinski definition) is 3. The van der Waals surface area contributed by atoms with Crippen LogP contribution in [0, 0.1) is 6.92 Å². The summed E-state index contributed by atoms with van der Waals surface area (Å²) >= 11 is 2.94. The summed E-state index contributed by atoms with van der Waals surface area (Å²) in [6.07, 6.45) is 0. The van der Waals surface area contributed by atoms with E-state index in [0.29, 0.717) is 0 Å². The highest BCUT2D eigenvalue weighted by Crippen LogP contribution is 2.44. The lowest BCUT2D eigenvalue weighted by Gasteiger charge is -2.13. The van der Waals surface area contributed by atoms with Gasteiger partial charge in [0.25, 0.3) is 0 Å². The van der Waals surface area contributed by atoms with Crippen molar-refractivity contribution in [2.45, 2.75) is 6.92 Å². The van der Waals surface area contributed by atoms with Gasteiger partial charge in [0, 0.05) is 0 Å². The zero-order valence-electron chi connectivity index (χ0n) is 14.7. The minimum atomic E-state index is -4.14. The van der Waals surface area contributed by atoms with Crippen LogP contribution < -0.4 is 9.05 Å². The van der Waals surface area contributed by atoms with Gasteiger partial charge in [-0.25, -0.2) is 4.57 Å². The molecule has 4 nitrogen and oxygen atoms in total. The van der Waals surface area contributed by atoms with E-state index in [0.717, 1.165) is 0 Å². The van der Waals surface area contributed by atoms with Crippen molar-refractivity contribution < 1.29 is 18.5 Å². The van der Waals surface area contributed by atoms with Gasteiger partial charge in [0.1, 0.15) is 11.5 Å². The second-order valence-corrected chi connectivity index (χ2v) is 6.23. The van der Waals surface area contributed by atoms with Gasteiger partial charge in [0.05, 0.1) is 0 Å². The maximum absolute atomic E-state index is 11.7. The summed E-state index contributed by atoms with van der Waals surface area (Å²) in [5.41, 5.74) is 1.32. The van der Waals surface area contributed by atoms with Crippen LogP contribution in [-0.2, 0) is 4.57 Å². The summed E-state index contributed by atoms with van der Waals surface area (Å²) in [4.78, 5) is 9.53. The van der Waals surface area contributed by atoms with Gasteiger partial charge in [0.2, 0.25) is 0 Å². The van der Waals surface area contributed by atoms with E-state index < -0.39 is 7.82 Å². The number of halogens is 1. The third-order valence-corrected chi connectivity index (χ3v) is 3.75. The summed E-state index contributed by atoms with van der Waals surface area (Å²) in [5, 5.41) is 0. The van der Waals surface area contributed by atoms with Crippen LogP contribution >= 0.6 is 23.8 Å². The number of hydrogen-bond donors (Lipinski definition) is 1. The molecule has 0 bridgehead atoms. The molecule has 0 fully saturated rings. The molecule has 0 saturated carbocycles. The van der Waals surface area contributed by atoms with Gasteiger partial charge < -0.3 is 9.05 Å². The molecule has 0 aromatic heterocycles. The van der Waals surface area contributed by atoms with E-state index >= 15 is 0 Å². The van der Waals surface area contributed by atoms with Gasteiger partial charge in [-0.15, -0.1) is 0 Å². The fourth-order valence-electron chi connectivity index (χ4n) is 1.78. The summed E-state index contributed by atoms with van der Waals surface area (Å²) in [5.74, 6) is 2.39. The fourth-order valence-corrected chi connectivity index (χ4v) is 2.60. The molecular formula is C20H22BrO4P. The Bertz CT molecular complexity index is 722. The second kappa shape index (κ2) is 12.3. The Labute approximate surface area is 163 Å². The molecule has 3 rings (SSSR count). The van der Waals surface area contributed by atoms with Crippen molar-refractivity contribution in [3.05, 3.63) is 96.6 Å². The smallest absolute Gasteiger partial charge is 0.395 e. The van der Waals surface area contributed by atoms with E-state index in [9.17, 15) is 9.46 Å². The number of benzene rings is 3. The molecule has 0 aliphatic heterocycles. The highest BCUT2D eigenvalue weighted by atomic mass is 79.9. The van der Waals surface area contributed by atoms with Crippen molar-refractivity contribution in [3.8, 4) is 11.5 Å². The van der Waals surface area contributed by atoms with Crippen LogP contribution in [0.25, 0.3) is 0 Å². The summed E-state index contributed by atoms with van der Waals surface area (Å²) < 4.78 is 21.5. The molecule has 138 valence electrons. The predicted octanol–water partition coefficient (Wildman–Crippen LogP) is 6.25. The van der Waals surface area contributed by atoms with Crippen molar-refractivity contribution in [1.29, 1.82) is 0 Å². The van der Waals surface area contributed by atoms with Crippen molar-refractivity contribution in [2.75, 3.05) is 5.83 Å². The SMILES string of the molecule is CBr.Cc1ccccc1.O=P(O)(Oc1ccccc1)Oc1ccccc1. The van der Waals surface area contributed by atoms with Crippen molar-refractivity contribution in [1.82, 2.24) is 0 Å². The number of phosphoric ester groups is 1. The van der Waals surface area contributed by atoms with Gasteiger partial charge in [0.15, 0.2) is 0 Å². The standard InChI is InChI=1S/C12H11O4P.C7H8.CH3Br/c13-17(14,15-11-7-3-1-4-8-11)16-12-9-5-2-6-10-12;1-7-5-3-2-4-6-7;1-2/h1-10H,(H,13,14);2-6H,1H3;1H3. The van der Waals surface area contributed by atoms with Gasteiger partial charge in [-0.1, -0.05) is 88.2 Å². The fraction of sp³-hybridized carbons (Fsp3) is 0.100. The topological polar surface area (TPSA) is 55.8 Å². The molecule has 3 aromatic rings. The minimum absolute atomic E-state index is 0.286. The van der Waals surface area contributed by atoms with Crippen molar-refractivity contribution in [2.24, 2.45) is 0 Å². The monoisotopic (exact) mass is 436 g/mol. The largest absolute Gasteiger partial charge is 0.584 e. The third-order valence-electron chi connectivity index (χ3n) is 2.87. The van der Waals surface area contributed by atoms with Gasteiger partial charge in [-0.2, -0.15) is 0 Å². The zero-order valence-corrected chi connectivity index (χ0v) is 17.1. The average molecular weight is 437 g/mol. The molecule has 0 radical (unpaired) electrons. The molecule has 0 amide bonds. The minimum Gasteiger partial charge on any atom is -0.395 e. The van der Waals surface area contributed by atoms with E-state index in [4.69, 9.17) is 9.05 Å². The highest BCUT2D eigenvalue weighted by molar-refractivity contribution is 9.08. The predicted molar refractivity (Wildman–Crippen MR) is 110 cm³/mol. The molecule has 0 heterocycles. The number of alkyl halides is 1. The van der Waals surface area contributed by atoms with Gasteiger partial charge >= 0.3 is 7.82 Å². The van der Waals surface area contributed by atoms with Crippen molar-refractivity contribution >= 4 is 23.8 Å². The molecule has 3 aromatic carbocycles. The number of para-hydroxylation sites is 2. The van der Waals surface area contributed by atoms with E-state index in [1.165, 1.54) is 5.56 Å². The lowest BCUT2D eigenvalue weighted by Crippen LogP contribution is -1.99. The van der Waals surface area contributed by atoms with E-state index in [-0.39, 0.29) is 11.5 Å². The van der Waals surface area contributed by atoms with E-state index in [2.05, 4.69) is 35.0 Å². The number of phosphoric acid groups is 1. The normalized spacial score (nSPS) is 9.69. The Hall–Kier alpha value is -2.07. The Morgan fingerprint density at radius 2 is 1.00 bits per heavy atom. The van der Waals surface area contributed by atoms with Crippen LogP contribution in [0.2, 0.25) is 0 Å². The zero-order chi connectivity index (χ0) is 19.3. The Balaban J connectivity index is 0.000000313. The van der Waals surface area contributed by atoms with Crippen LogP contribution in [0.1, 0.15) is 5.56 Å². The first-order valence-corrected chi connectivity index (χ1v) is 10.8. The molecule has 1 N–H and O–H groups in total. The Morgan fingerprint density at radius 1 is 0.692 bits per heavy atom. The molecule has 0 unspecified atom stereocenters. The van der Waals surface area contributed by atoms with Crippen molar-refractivity contribution in [3.63, 3.8) is 0 Å². The molecule has 0 aliphatic carbocycles. The van der Waals surface area contributed by atoms with Crippen LogP contribution in [0.5, 0.6) is 11.5 Å². The maximum Gasteiger partial charge on any atom is 0.584 e. The first-order valence-electron chi connectivity index (χ1n) is 7.77. The van der Waals surface area contributed by atoms with E-state index in [1.807, 2.05) is 24.0 Å². The van der Waals surface area contributed by atoms with E-state index in [1.54, 1.807) is 60.7 Å². The molecule has 26 heavy (non-hydrogen) atoms. The lowest BCUT2D eigenvalue weighted by atomic mass is 10.2. The highest BCUT2D eigenvalue weighted by Gasteiger charge is 2.24. The van der Waals surface area contributed by atoms with Gasteiger partial charge in [-0.3, -0.25) is 4.89 Å². The second-order valence-electron chi connectivity index (χ2n) is 4.93. The molecular weight excluding hydrogens is 415 g/mol. The first kappa shape index (κ1) is 22.0. The summed E-state index contributed by atoms with van der Waals surface area (Å²) in [7, 11) is -4.14. The summed E-state index contributed by atoms with van der Waals surface area (Å²) in [6.45, 7) is 2.08. The lowest BCUT2D eigenvalue weighted by molar-refractivity contribution is 0.291. The maximum atomic E-state index is 11.7. The number of aryl methyl sites for hydroxylation is 1. The first-order chi connectivity index (χ1) is 12.6. The van der Waals surface area contributed by atoms with Crippen LogP contribution in [0.3, 0.4) is 0 Å². The molecule has 0 aliphatic rings. The average Bonchev–Trinajstić information content (AvgIpc) is 2.65. The number of rotatable bonds is 4. The van der Waals surface area contributed by atoms with Gasteiger partial charge in [-0.05, 0) is 37.0 Å². The molecule has 6 heteroatoms. The molecule has 0 atom stereocenters. The van der Waals surface area contributed by atoms with Crippen LogP contribution in [0.15, 0.2) is 91.0 Å².